The zero-order valence-corrected chi connectivity index (χ0v) is 19.5. The zero-order chi connectivity index (χ0) is 24.1. The molecule has 0 aliphatic carbocycles. The monoisotopic (exact) mass is 476 g/mol. The van der Waals surface area contributed by atoms with Gasteiger partial charge < -0.3 is 10.1 Å². The molecule has 8 nitrogen and oxygen atoms in total. The van der Waals surface area contributed by atoms with Gasteiger partial charge in [0.2, 0.25) is 0 Å². The summed E-state index contributed by atoms with van der Waals surface area (Å²) in [6.07, 6.45) is 3.58. The molecule has 1 saturated heterocycles. The summed E-state index contributed by atoms with van der Waals surface area (Å²) in [6, 6.07) is 18.4. The van der Waals surface area contributed by atoms with E-state index in [0.29, 0.717) is 24.3 Å². The lowest BCUT2D eigenvalue weighted by molar-refractivity contribution is -0.117. The van der Waals surface area contributed by atoms with Crippen LogP contribution in [-0.2, 0) is 14.6 Å². The van der Waals surface area contributed by atoms with Gasteiger partial charge in [0.15, 0.2) is 9.84 Å². The highest BCUT2D eigenvalue weighted by Gasteiger charge is 2.29. The number of benzene rings is 2. The molecule has 0 radical (unpaired) electrons. The number of amides is 1. The summed E-state index contributed by atoms with van der Waals surface area (Å²) >= 11 is 0. The van der Waals surface area contributed by atoms with E-state index in [0.717, 1.165) is 17.0 Å². The Hall–Kier alpha value is -3.90. The van der Waals surface area contributed by atoms with Crippen LogP contribution in [0.1, 0.15) is 18.9 Å². The molecular formula is C25H24N4O4S. The Morgan fingerprint density at radius 1 is 1.24 bits per heavy atom. The predicted octanol–water partition coefficient (Wildman–Crippen LogP) is 3.15. The molecule has 1 aliphatic heterocycles. The molecule has 1 aromatic heterocycles. The number of hydrogen-bond acceptors (Lipinski definition) is 6. The van der Waals surface area contributed by atoms with Crippen LogP contribution in [0.15, 0.2) is 66.4 Å². The Balaban J connectivity index is 1.69. The lowest BCUT2D eigenvalue weighted by Gasteiger charge is -2.10. The van der Waals surface area contributed by atoms with E-state index in [2.05, 4.69) is 5.32 Å². The fraction of sp³-hybridized carbons (Fsp3) is 0.240. The first kappa shape index (κ1) is 23.3. The van der Waals surface area contributed by atoms with Crippen molar-refractivity contribution in [3.05, 3.63) is 71.9 Å². The van der Waals surface area contributed by atoms with Crippen molar-refractivity contribution in [3.8, 4) is 28.8 Å². The minimum absolute atomic E-state index is 0.0370. The molecule has 0 bridgehead atoms. The molecule has 34 heavy (non-hydrogen) atoms. The summed E-state index contributed by atoms with van der Waals surface area (Å²) in [4.78, 5) is 12.7. The van der Waals surface area contributed by atoms with Gasteiger partial charge in [0, 0.05) is 23.4 Å². The second kappa shape index (κ2) is 9.93. The summed E-state index contributed by atoms with van der Waals surface area (Å²) in [5.41, 5.74) is 2.68. The highest BCUT2D eigenvalue weighted by Crippen LogP contribution is 2.27. The molecule has 1 N–H and O–H groups in total. The molecule has 2 aromatic carbocycles. The number of carbonyl (C=O) groups excluding carboxylic acids is 1. The lowest BCUT2D eigenvalue weighted by atomic mass is 10.1. The lowest BCUT2D eigenvalue weighted by Crippen LogP contribution is -2.36. The zero-order valence-electron chi connectivity index (χ0n) is 18.6. The van der Waals surface area contributed by atoms with Crippen LogP contribution in [0.4, 0.5) is 0 Å². The first-order valence-electron chi connectivity index (χ1n) is 10.9. The van der Waals surface area contributed by atoms with E-state index in [9.17, 15) is 18.5 Å². The molecule has 1 fully saturated rings. The van der Waals surface area contributed by atoms with Gasteiger partial charge in [0.1, 0.15) is 17.4 Å². The van der Waals surface area contributed by atoms with E-state index in [1.165, 1.54) is 6.08 Å². The minimum atomic E-state index is -3.15. The van der Waals surface area contributed by atoms with Crippen LogP contribution in [0.5, 0.6) is 5.75 Å². The molecule has 3 aromatic rings. The van der Waals surface area contributed by atoms with Gasteiger partial charge in [-0.15, -0.1) is 0 Å². The molecule has 0 unspecified atom stereocenters. The number of nitriles is 1. The van der Waals surface area contributed by atoms with Gasteiger partial charge in [0.25, 0.3) is 5.91 Å². The fourth-order valence-electron chi connectivity index (χ4n) is 3.78. The third-order valence-electron chi connectivity index (χ3n) is 5.43. The second-order valence-corrected chi connectivity index (χ2v) is 10.1. The van der Waals surface area contributed by atoms with Crippen LogP contribution in [0.25, 0.3) is 23.0 Å². The number of nitrogens with zero attached hydrogens (tertiary/aromatic N) is 3. The van der Waals surface area contributed by atoms with Gasteiger partial charge in [-0.1, -0.05) is 18.2 Å². The van der Waals surface area contributed by atoms with Crippen molar-refractivity contribution in [2.45, 2.75) is 19.4 Å². The Labute approximate surface area is 198 Å². The average Bonchev–Trinajstić information content (AvgIpc) is 3.41. The molecule has 9 heteroatoms. The normalized spacial score (nSPS) is 17.2. The first-order chi connectivity index (χ1) is 16.4. The highest BCUT2D eigenvalue weighted by atomic mass is 32.2. The molecule has 4 rings (SSSR count). The number of aromatic nitrogens is 2. The molecular weight excluding hydrogens is 452 g/mol. The van der Waals surface area contributed by atoms with Gasteiger partial charge in [-0.2, -0.15) is 10.4 Å². The quantitative estimate of drug-likeness (QED) is 0.414. The van der Waals surface area contributed by atoms with E-state index in [4.69, 9.17) is 9.84 Å². The molecule has 1 amide bonds. The van der Waals surface area contributed by atoms with Crippen LogP contribution < -0.4 is 10.1 Å². The van der Waals surface area contributed by atoms with Gasteiger partial charge in [-0.3, -0.25) is 4.79 Å². The Morgan fingerprint density at radius 2 is 1.97 bits per heavy atom. The van der Waals surface area contributed by atoms with Crippen LogP contribution >= 0.6 is 0 Å². The number of nitrogens with one attached hydrogen (secondary N) is 1. The number of carbonyl (C=O) groups is 1. The summed E-state index contributed by atoms with van der Waals surface area (Å²) in [6.45, 7) is 2.46. The van der Waals surface area contributed by atoms with Crippen molar-refractivity contribution in [3.63, 3.8) is 0 Å². The molecule has 1 atom stereocenters. The third kappa shape index (κ3) is 5.35. The molecule has 174 valence electrons. The van der Waals surface area contributed by atoms with Crippen molar-refractivity contribution in [1.29, 1.82) is 5.26 Å². The maximum Gasteiger partial charge on any atom is 0.262 e. The summed E-state index contributed by atoms with van der Waals surface area (Å²) in [5, 5.41) is 17.1. The largest absolute Gasteiger partial charge is 0.494 e. The predicted molar refractivity (Wildman–Crippen MR) is 129 cm³/mol. The smallest absolute Gasteiger partial charge is 0.262 e. The summed E-state index contributed by atoms with van der Waals surface area (Å²) in [7, 11) is -3.15. The number of sulfone groups is 1. The topological polar surface area (TPSA) is 114 Å². The van der Waals surface area contributed by atoms with Crippen LogP contribution in [0.3, 0.4) is 0 Å². The van der Waals surface area contributed by atoms with E-state index >= 15 is 0 Å². The number of ether oxygens (including phenoxy) is 1. The number of hydrogen-bond donors (Lipinski definition) is 1. The molecule has 0 spiro atoms. The van der Waals surface area contributed by atoms with Gasteiger partial charge in [-0.25, -0.2) is 13.1 Å². The maximum absolute atomic E-state index is 12.7. The fourth-order valence-corrected chi connectivity index (χ4v) is 5.46. The van der Waals surface area contributed by atoms with E-state index < -0.39 is 21.8 Å². The molecule has 1 aliphatic rings. The Kier molecular flexibility index (Phi) is 6.80. The SMILES string of the molecule is CCOc1ccc(-c2nn(-c3ccccc3)cc2/C=C(\C#N)C(=O)N[C@@H]2CCS(=O)(=O)C2)cc1. The van der Waals surface area contributed by atoms with Crippen LogP contribution in [-0.4, -0.2) is 48.3 Å². The van der Waals surface area contributed by atoms with Crippen molar-refractivity contribution in [2.75, 3.05) is 18.1 Å². The van der Waals surface area contributed by atoms with Gasteiger partial charge >= 0.3 is 0 Å². The summed E-state index contributed by atoms with van der Waals surface area (Å²) < 4.78 is 30.6. The second-order valence-electron chi connectivity index (χ2n) is 7.91. The summed E-state index contributed by atoms with van der Waals surface area (Å²) in [5.74, 6) is 0.0555. The maximum atomic E-state index is 12.7. The highest BCUT2D eigenvalue weighted by molar-refractivity contribution is 7.91. The minimum Gasteiger partial charge on any atom is -0.494 e. The van der Waals surface area contributed by atoms with Gasteiger partial charge in [-0.05, 0) is 55.8 Å². The average molecular weight is 477 g/mol. The first-order valence-corrected chi connectivity index (χ1v) is 12.7. The van der Waals surface area contributed by atoms with Crippen molar-refractivity contribution >= 4 is 21.8 Å². The van der Waals surface area contributed by atoms with E-state index in [1.807, 2.05) is 67.6 Å². The number of rotatable bonds is 7. The molecule has 0 saturated carbocycles. The van der Waals surface area contributed by atoms with E-state index in [1.54, 1.807) is 10.9 Å². The van der Waals surface area contributed by atoms with Crippen LogP contribution in [0.2, 0.25) is 0 Å². The van der Waals surface area contributed by atoms with Crippen LogP contribution in [0, 0.1) is 11.3 Å². The van der Waals surface area contributed by atoms with E-state index in [-0.39, 0.29) is 17.1 Å². The Morgan fingerprint density at radius 3 is 2.59 bits per heavy atom. The van der Waals surface area contributed by atoms with Crippen molar-refractivity contribution in [1.82, 2.24) is 15.1 Å². The van der Waals surface area contributed by atoms with Crippen molar-refractivity contribution < 1.29 is 17.9 Å². The third-order valence-corrected chi connectivity index (χ3v) is 7.20. The molecule has 2 heterocycles. The number of para-hydroxylation sites is 1. The van der Waals surface area contributed by atoms with Gasteiger partial charge in [0.05, 0.1) is 29.5 Å². The van der Waals surface area contributed by atoms with Crippen molar-refractivity contribution in [2.24, 2.45) is 0 Å². The standard InChI is InChI=1S/C25H24N4O4S/c1-2-33-23-10-8-18(9-11-23)24-20(16-29(28-24)22-6-4-3-5-7-22)14-19(15-26)25(30)27-21-12-13-34(31,32)17-21/h3-11,14,16,21H,2,12-13,17H2,1H3,(H,27,30)/b19-14+/t21-/m1/s1. The Bertz CT molecular complexity index is 1350.